The third-order valence-electron chi connectivity index (χ3n) is 4.12. The largest absolute Gasteiger partial charge is 0.365 e. The average Bonchev–Trinajstić information content (AvgIpc) is 3.04. The van der Waals surface area contributed by atoms with Gasteiger partial charge in [-0.2, -0.15) is 0 Å². The number of nitrogens with two attached hydrogens (primary N) is 1. The minimum absolute atomic E-state index is 0.0265. The highest BCUT2D eigenvalue weighted by Gasteiger charge is 2.30. The van der Waals surface area contributed by atoms with E-state index in [1.165, 1.54) is 6.20 Å². The number of hydrogen-bond donors (Lipinski definition) is 1. The first-order valence-electron chi connectivity index (χ1n) is 7.54. The van der Waals surface area contributed by atoms with Crippen molar-refractivity contribution in [2.75, 3.05) is 13.1 Å². The van der Waals surface area contributed by atoms with E-state index in [1.54, 1.807) is 6.92 Å². The fourth-order valence-electron chi connectivity index (χ4n) is 2.84. The molecule has 6 heteroatoms. The van der Waals surface area contributed by atoms with Crippen LogP contribution < -0.4 is 5.73 Å². The Bertz CT molecular complexity index is 746. The molecule has 0 saturated carbocycles. The molecule has 1 atom stereocenters. The Balaban J connectivity index is 1.74. The van der Waals surface area contributed by atoms with E-state index >= 15 is 0 Å². The Hall–Kier alpha value is -2.76. The van der Waals surface area contributed by atoms with Gasteiger partial charge in [0.1, 0.15) is 5.82 Å². The van der Waals surface area contributed by atoms with Gasteiger partial charge in [-0.1, -0.05) is 18.2 Å². The van der Waals surface area contributed by atoms with Crippen LogP contribution in [0.1, 0.15) is 44.6 Å². The zero-order valence-corrected chi connectivity index (χ0v) is 12.9. The lowest BCUT2D eigenvalue weighted by Crippen LogP contribution is -2.28. The lowest BCUT2D eigenvalue weighted by Gasteiger charge is -2.16. The summed E-state index contributed by atoms with van der Waals surface area (Å²) in [5.74, 6) is 0.249. The van der Waals surface area contributed by atoms with Gasteiger partial charge in [-0.25, -0.2) is 9.97 Å². The van der Waals surface area contributed by atoms with Gasteiger partial charge in [0.15, 0.2) is 0 Å². The molecule has 0 bridgehead atoms. The van der Waals surface area contributed by atoms with Crippen molar-refractivity contribution in [3.8, 4) is 0 Å². The molecule has 1 aromatic heterocycles. The van der Waals surface area contributed by atoms with Crippen molar-refractivity contribution in [2.45, 2.75) is 19.3 Å². The second-order valence-electron chi connectivity index (χ2n) is 5.69. The van der Waals surface area contributed by atoms with Crippen LogP contribution in [0.25, 0.3) is 0 Å². The molecule has 0 aliphatic carbocycles. The highest BCUT2D eigenvalue weighted by atomic mass is 16.2. The van der Waals surface area contributed by atoms with Crippen LogP contribution in [0, 0.1) is 6.92 Å². The van der Waals surface area contributed by atoms with Crippen molar-refractivity contribution < 1.29 is 9.59 Å². The van der Waals surface area contributed by atoms with Crippen molar-refractivity contribution in [1.29, 1.82) is 0 Å². The number of hydrogen-bond acceptors (Lipinski definition) is 4. The van der Waals surface area contributed by atoms with Crippen molar-refractivity contribution in [3.63, 3.8) is 0 Å². The maximum Gasteiger partial charge on any atom is 0.253 e. The molecule has 1 aromatic carbocycles. The molecule has 3 rings (SSSR count). The number of nitrogens with zero attached hydrogens (tertiary/aromatic N) is 3. The molecule has 118 valence electrons. The molecule has 1 aliphatic heterocycles. The molecule has 2 amide bonds. The smallest absolute Gasteiger partial charge is 0.253 e. The molecular weight excluding hydrogens is 292 g/mol. The first kappa shape index (κ1) is 15.1. The topological polar surface area (TPSA) is 89.2 Å². The Kier molecular flexibility index (Phi) is 4.06. The quantitative estimate of drug-likeness (QED) is 0.930. The van der Waals surface area contributed by atoms with Crippen molar-refractivity contribution in [2.24, 2.45) is 5.73 Å². The molecule has 2 heterocycles. The van der Waals surface area contributed by atoms with E-state index in [1.807, 2.05) is 35.2 Å². The van der Waals surface area contributed by atoms with Crippen LogP contribution in [-0.4, -0.2) is 39.8 Å². The predicted molar refractivity (Wildman–Crippen MR) is 85.0 cm³/mol. The number of rotatable bonds is 3. The second kappa shape index (κ2) is 6.16. The molecule has 6 nitrogen and oxygen atoms in total. The molecule has 0 radical (unpaired) electrons. The van der Waals surface area contributed by atoms with Crippen LogP contribution in [0.2, 0.25) is 0 Å². The van der Waals surface area contributed by atoms with Gasteiger partial charge < -0.3 is 10.6 Å². The minimum Gasteiger partial charge on any atom is -0.365 e. The fraction of sp³-hybridized carbons (Fsp3) is 0.294. The lowest BCUT2D eigenvalue weighted by molar-refractivity contribution is 0.0790. The number of aromatic nitrogens is 2. The van der Waals surface area contributed by atoms with E-state index in [0.717, 1.165) is 6.42 Å². The van der Waals surface area contributed by atoms with Gasteiger partial charge in [-0.05, 0) is 25.5 Å². The van der Waals surface area contributed by atoms with E-state index in [2.05, 4.69) is 9.97 Å². The molecule has 2 aromatic rings. The zero-order valence-electron chi connectivity index (χ0n) is 12.9. The Labute approximate surface area is 134 Å². The average molecular weight is 310 g/mol. The highest BCUT2D eigenvalue weighted by molar-refractivity contribution is 5.94. The lowest BCUT2D eigenvalue weighted by atomic mass is 10.1. The summed E-state index contributed by atoms with van der Waals surface area (Å²) in [6.45, 7) is 3.01. The zero-order chi connectivity index (χ0) is 16.4. The number of benzene rings is 1. The first-order chi connectivity index (χ1) is 11.1. The Morgan fingerprint density at radius 1 is 1.26 bits per heavy atom. The van der Waals surface area contributed by atoms with Gasteiger partial charge in [0.05, 0.1) is 11.3 Å². The molecule has 23 heavy (non-hydrogen) atoms. The van der Waals surface area contributed by atoms with Gasteiger partial charge in [0.25, 0.3) is 11.8 Å². The molecular formula is C17H18N4O2. The van der Waals surface area contributed by atoms with E-state index < -0.39 is 5.91 Å². The summed E-state index contributed by atoms with van der Waals surface area (Å²) in [6, 6.07) is 9.24. The third-order valence-corrected chi connectivity index (χ3v) is 4.12. The maximum absolute atomic E-state index is 12.5. The van der Waals surface area contributed by atoms with Gasteiger partial charge in [-0.15, -0.1) is 0 Å². The summed E-state index contributed by atoms with van der Waals surface area (Å²) >= 11 is 0. The van der Waals surface area contributed by atoms with Crippen LogP contribution in [0.5, 0.6) is 0 Å². The number of carbonyl (C=O) groups excluding carboxylic acids is 2. The van der Waals surface area contributed by atoms with Crippen LogP contribution in [0.15, 0.2) is 36.5 Å². The molecule has 1 aliphatic rings. The monoisotopic (exact) mass is 310 g/mol. The summed E-state index contributed by atoms with van der Waals surface area (Å²) in [6.07, 6.45) is 2.29. The number of carbonyl (C=O) groups is 2. The van der Waals surface area contributed by atoms with Gasteiger partial charge >= 0.3 is 0 Å². The Morgan fingerprint density at radius 3 is 2.65 bits per heavy atom. The minimum atomic E-state index is -0.527. The van der Waals surface area contributed by atoms with Crippen molar-refractivity contribution in [3.05, 3.63) is 59.2 Å². The maximum atomic E-state index is 12.5. The van der Waals surface area contributed by atoms with E-state index in [4.69, 9.17) is 5.73 Å². The first-order valence-corrected chi connectivity index (χ1v) is 7.54. The highest BCUT2D eigenvalue weighted by Crippen LogP contribution is 2.26. The molecule has 2 N–H and O–H groups in total. The van der Waals surface area contributed by atoms with Gasteiger partial charge in [0.2, 0.25) is 0 Å². The number of primary amides is 1. The molecule has 1 saturated heterocycles. The van der Waals surface area contributed by atoms with E-state index in [-0.39, 0.29) is 11.8 Å². The number of amides is 2. The number of aryl methyl sites for hydroxylation is 1. The van der Waals surface area contributed by atoms with Gasteiger partial charge in [-0.3, -0.25) is 9.59 Å². The van der Waals surface area contributed by atoms with Crippen LogP contribution in [-0.2, 0) is 0 Å². The summed E-state index contributed by atoms with van der Waals surface area (Å²) in [5, 5.41) is 0. The summed E-state index contributed by atoms with van der Waals surface area (Å²) < 4.78 is 0. The SMILES string of the molecule is Cc1nc(C2CCN(C(=O)c3ccccc3)C2)ncc1C(N)=O. The van der Waals surface area contributed by atoms with Crippen LogP contribution >= 0.6 is 0 Å². The predicted octanol–water partition coefficient (Wildman–Crippen LogP) is 1.51. The summed E-state index contributed by atoms with van der Waals surface area (Å²) in [4.78, 5) is 34.2. The van der Waals surface area contributed by atoms with E-state index in [0.29, 0.717) is 35.7 Å². The third kappa shape index (κ3) is 3.06. The molecule has 1 fully saturated rings. The van der Waals surface area contributed by atoms with Crippen molar-refractivity contribution >= 4 is 11.8 Å². The second-order valence-corrected chi connectivity index (χ2v) is 5.69. The van der Waals surface area contributed by atoms with Crippen LogP contribution in [0.4, 0.5) is 0 Å². The molecule has 0 spiro atoms. The molecule has 1 unspecified atom stereocenters. The number of likely N-dealkylation sites (tertiary alicyclic amines) is 1. The van der Waals surface area contributed by atoms with Crippen LogP contribution in [0.3, 0.4) is 0 Å². The Morgan fingerprint density at radius 2 is 2.00 bits per heavy atom. The van der Waals surface area contributed by atoms with Gasteiger partial charge in [0, 0.05) is 30.8 Å². The fourth-order valence-corrected chi connectivity index (χ4v) is 2.84. The summed E-state index contributed by atoms with van der Waals surface area (Å²) in [7, 11) is 0. The normalized spacial score (nSPS) is 17.3. The summed E-state index contributed by atoms with van der Waals surface area (Å²) in [5.41, 5.74) is 6.88. The standard InChI is InChI=1S/C17H18N4O2/c1-11-14(15(18)22)9-19-16(20-11)13-7-8-21(10-13)17(23)12-5-3-2-4-6-12/h2-6,9,13H,7-8,10H2,1H3,(H2,18,22). The van der Waals surface area contributed by atoms with Crippen molar-refractivity contribution in [1.82, 2.24) is 14.9 Å². The van der Waals surface area contributed by atoms with E-state index in [9.17, 15) is 9.59 Å².